The smallest absolute Gasteiger partial charge is 0.333 e. The predicted octanol–water partition coefficient (Wildman–Crippen LogP) is -0.482. The average Bonchev–Trinajstić information content (AvgIpc) is 2.35. The highest BCUT2D eigenvalue weighted by atomic mass is 16.4. The van der Waals surface area contributed by atoms with Crippen LogP contribution in [0.15, 0.2) is 0 Å². The van der Waals surface area contributed by atoms with E-state index in [0.29, 0.717) is 9.80 Å². The van der Waals surface area contributed by atoms with Crippen molar-refractivity contribution in [3.63, 3.8) is 0 Å². The molecule has 0 aromatic rings. The van der Waals surface area contributed by atoms with Crippen molar-refractivity contribution in [2.75, 3.05) is 13.6 Å². The third-order valence-electron chi connectivity index (χ3n) is 2.38. The molecule has 0 aliphatic carbocycles. The molecule has 1 rings (SSSR count). The van der Waals surface area contributed by atoms with Gasteiger partial charge in [-0.25, -0.2) is 4.79 Å². The van der Waals surface area contributed by atoms with Gasteiger partial charge in [0.25, 0.3) is 0 Å². The Morgan fingerprint density at radius 3 is 2.06 bits per heavy atom. The number of carbonyl (C=O) groups is 4. The highest BCUT2D eigenvalue weighted by Crippen LogP contribution is 2.21. The third-order valence-corrected chi connectivity index (χ3v) is 2.38. The van der Waals surface area contributed by atoms with Gasteiger partial charge in [-0.15, -0.1) is 0 Å². The van der Waals surface area contributed by atoms with Crippen molar-refractivity contribution in [2.24, 2.45) is 5.41 Å². The second-order valence-corrected chi connectivity index (χ2v) is 4.23. The monoisotopic (exact) mass is 228 g/mol. The van der Waals surface area contributed by atoms with Gasteiger partial charge in [-0.1, -0.05) is 0 Å². The van der Waals surface area contributed by atoms with Crippen molar-refractivity contribution in [3.05, 3.63) is 0 Å². The van der Waals surface area contributed by atoms with Crippen LogP contribution in [0.2, 0.25) is 0 Å². The molecule has 1 aliphatic rings. The number of hydrogen-bond donors (Lipinski definition) is 1. The summed E-state index contributed by atoms with van der Waals surface area (Å²) in [7, 11) is 1.18. The van der Waals surface area contributed by atoms with Crippen molar-refractivity contribution < 1.29 is 24.3 Å². The number of imide groups is 2. The van der Waals surface area contributed by atoms with Crippen LogP contribution in [0.4, 0.5) is 4.79 Å². The molecule has 1 fully saturated rings. The lowest BCUT2D eigenvalue weighted by atomic mass is 9.93. The van der Waals surface area contributed by atoms with Crippen molar-refractivity contribution in [2.45, 2.75) is 13.8 Å². The number of rotatable bonds is 3. The quantitative estimate of drug-likeness (QED) is 0.520. The predicted molar refractivity (Wildman–Crippen MR) is 51.3 cm³/mol. The fourth-order valence-corrected chi connectivity index (χ4v) is 1.22. The maximum atomic E-state index is 11.4. The summed E-state index contributed by atoms with van der Waals surface area (Å²) in [5, 5.41) is 8.86. The molecule has 0 saturated carbocycles. The molecule has 0 aromatic carbocycles. The highest BCUT2D eigenvalue weighted by molar-refractivity contribution is 6.44. The number of aliphatic carboxylic acids is 1. The van der Waals surface area contributed by atoms with Gasteiger partial charge < -0.3 is 5.11 Å². The summed E-state index contributed by atoms with van der Waals surface area (Å²) >= 11 is 0. The lowest BCUT2D eigenvalue weighted by molar-refractivity contribution is -0.149. The second-order valence-electron chi connectivity index (χ2n) is 4.23. The molecule has 0 unspecified atom stereocenters. The van der Waals surface area contributed by atoms with Crippen LogP contribution in [0.5, 0.6) is 0 Å². The van der Waals surface area contributed by atoms with E-state index in [1.54, 1.807) is 0 Å². The summed E-state index contributed by atoms with van der Waals surface area (Å²) in [6.45, 7) is 2.42. The summed E-state index contributed by atoms with van der Waals surface area (Å²) in [4.78, 5) is 46.1. The number of carboxylic acid groups (broad SMARTS) is 1. The largest absolute Gasteiger partial charge is 0.481 e. The van der Waals surface area contributed by atoms with Crippen LogP contribution < -0.4 is 0 Å². The molecule has 0 radical (unpaired) electrons. The molecule has 0 bridgehead atoms. The van der Waals surface area contributed by atoms with Crippen LogP contribution in [-0.4, -0.2) is 52.3 Å². The van der Waals surface area contributed by atoms with E-state index in [2.05, 4.69) is 0 Å². The van der Waals surface area contributed by atoms with Crippen LogP contribution in [0.3, 0.4) is 0 Å². The van der Waals surface area contributed by atoms with E-state index in [-0.39, 0.29) is 6.54 Å². The van der Waals surface area contributed by atoms with Gasteiger partial charge in [-0.2, -0.15) is 0 Å². The zero-order valence-corrected chi connectivity index (χ0v) is 9.18. The first-order valence-corrected chi connectivity index (χ1v) is 4.55. The maximum absolute atomic E-state index is 11.4. The zero-order valence-electron chi connectivity index (χ0n) is 9.18. The topological polar surface area (TPSA) is 95.0 Å². The number of amides is 4. The summed E-state index contributed by atoms with van der Waals surface area (Å²) in [6.07, 6.45) is 0. The van der Waals surface area contributed by atoms with Crippen LogP contribution >= 0.6 is 0 Å². The number of carbonyl (C=O) groups excluding carboxylic acids is 3. The first-order valence-electron chi connectivity index (χ1n) is 4.55. The molecule has 7 heteroatoms. The first kappa shape index (κ1) is 12.2. The van der Waals surface area contributed by atoms with Crippen molar-refractivity contribution in [1.29, 1.82) is 0 Å². The Morgan fingerprint density at radius 1 is 1.25 bits per heavy atom. The highest BCUT2D eigenvalue weighted by Gasteiger charge is 2.45. The third kappa shape index (κ3) is 1.75. The zero-order chi connectivity index (χ0) is 12.7. The lowest BCUT2D eigenvalue weighted by Gasteiger charge is -2.23. The minimum Gasteiger partial charge on any atom is -0.481 e. The van der Waals surface area contributed by atoms with Crippen LogP contribution in [0, 0.1) is 5.41 Å². The van der Waals surface area contributed by atoms with Gasteiger partial charge in [0, 0.05) is 13.6 Å². The summed E-state index contributed by atoms with van der Waals surface area (Å²) < 4.78 is 0. The molecule has 1 saturated heterocycles. The summed E-state index contributed by atoms with van der Waals surface area (Å²) in [5.41, 5.74) is -1.28. The Kier molecular flexibility index (Phi) is 2.72. The molecular formula is C9H12N2O5. The van der Waals surface area contributed by atoms with Crippen molar-refractivity contribution in [3.8, 4) is 0 Å². The second kappa shape index (κ2) is 3.58. The van der Waals surface area contributed by atoms with Crippen LogP contribution in [-0.2, 0) is 14.4 Å². The van der Waals surface area contributed by atoms with Gasteiger partial charge in [0.2, 0.25) is 0 Å². The maximum Gasteiger partial charge on any atom is 0.333 e. The Labute approximate surface area is 91.6 Å². The molecule has 16 heavy (non-hydrogen) atoms. The first-order chi connectivity index (χ1) is 7.18. The summed E-state index contributed by atoms with van der Waals surface area (Å²) in [5.74, 6) is -3.07. The number of nitrogens with zero attached hydrogens (tertiary/aromatic N) is 2. The van der Waals surface area contributed by atoms with E-state index in [1.807, 2.05) is 0 Å². The van der Waals surface area contributed by atoms with Gasteiger partial charge in [0.05, 0.1) is 5.41 Å². The molecule has 1 heterocycles. The molecule has 1 N–H and O–H groups in total. The van der Waals surface area contributed by atoms with E-state index in [0.717, 1.165) is 0 Å². The standard InChI is InChI=1S/C9H12N2O5/c1-9(2,7(14)15)4-11-6(13)5(12)10(3)8(11)16/h4H2,1-3H3,(H,14,15). The fourth-order valence-electron chi connectivity index (χ4n) is 1.22. The summed E-state index contributed by atoms with van der Waals surface area (Å²) in [6, 6.07) is -0.788. The molecule has 0 aromatic heterocycles. The van der Waals surface area contributed by atoms with Gasteiger partial charge in [-0.3, -0.25) is 24.2 Å². The van der Waals surface area contributed by atoms with E-state index < -0.39 is 29.2 Å². The number of hydrogen-bond acceptors (Lipinski definition) is 4. The van der Waals surface area contributed by atoms with Crippen LogP contribution in [0.1, 0.15) is 13.8 Å². The number of likely N-dealkylation sites (N-methyl/N-ethyl adjacent to an activating group) is 1. The van der Waals surface area contributed by atoms with E-state index >= 15 is 0 Å². The Balaban J connectivity index is 2.92. The van der Waals surface area contributed by atoms with E-state index in [4.69, 9.17) is 5.11 Å². The van der Waals surface area contributed by atoms with Gasteiger partial charge in [-0.05, 0) is 13.8 Å². The van der Waals surface area contributed by atoms with E-state index in [9.17, 15) is 19.2 Å². The Morgan fingerprint density at radius 2 is 1.75 bits per heavy atom. The van der Waals surface area contributed by atoms with Crippen molar-refractivity contribution in [1.82, 2.24) is 9.80 Å². The molecular weight excluding hydrogens is 216 g/mol. The number of carboxylic acids is 1. The molecule has 7 nitrogen and oxygen atoms in total. The fraction of sp³-hybridized carbons (Fsp3) is 0.556. The van der Waals surface area contributed by atoms with Gasteiger partial charge >= 0.3 is 23.8 Å². The SMILES string of the molecule is CN1C(=O)C(=O)N(CC(C)(C)C(=O)O)C1=O. The molecule has 0 atom stereocenters. The Hall–Kier alpha value is -1.92. The van der Waals surface area contributed by atoms with E-state index in [1.165, 1.54) is 20.9 Å². The van der Waals surface area contributed by atoms with Gasteiger partial charge in [0.15, 0.2) is 0 Å². The molecule has 4 amide bonds. The van der Waals surface area contributed by atoms with Gasteiger partial charge in [0.1, 0.15) is 0 Å². The molecule has 88 valence electrons. The minimum atomic E-state index is -1.28. The molecule has 0 spiro atoms. The van der Waals surface area contributed by atoms with Crippen molar-refractivity contribution >= 4 is 23.8 Å². The number of urea groups is 1. The lowest BCUT2D eigenvalue weighted by Crippen LogP contribution is -2.42. The Bertz CT molecular complexity index is 387. The average molecular weight is 228 g/mol. The van der Waals surface area contributed by atoms with Crippen LogP contribution in [0.25, 0.3) is 0 Å². The minimum absolute atomic E-state index is 0.323. The molecule has 1 aliphatic heterocycles. The normalized spacial score (nSPS) is 17.3.